The molecule has 1 aliphatic carbocycles. The van der Waals surface area contributed by atoms with Crippen LogP contribution < -0.4 is 0 Å². The van der Waals surface area contributed by atoms with E-state index in [2.05, 4.69) is 15.2 Å². The van der Waals surface area contributed by atoms with Crippen molar-refractivity contribution in [1.82, 2.24) is 20.1 Å². The maximum Gasteiger partial charge on any atom is 0.253 e. The summed E-state index contributed by atoms with van der Waals surface area (Å²) in [6, 6.07) is 5.89. The van der Waals surface area contributed by atoms with E-state index in [4.69, 9.17) is 0 Å². The van der Waals surface area contributed by atoms with Crippen molar-refractivity contribution in [3.05, 3.63) is 47.3 Å². The average Bonchev–Trinajstić information content (AvgIpc) is 3.32. The van der Waals surface area contributed by atoms with Gasteiger partial charge in [0.15, 0.2) is 5.82 Å². The maximum absolute atomic E-state index is 13.3. The number of aromatic amines is 1. The van der Waals surface area contributed by atoms with Crippen molar-refractivity contribution in [1.29, 1.82) is 0 Å². The van der Waals surface area contributed by atoms with Crippen LogP contribution in [0.15, 0.2) is 24.3 Å². The first-order chi connectivity index (χ1) is 11.2. The van der Waals surface area contributed by atoms with Gasteiger partial charge in [0.1, 0.15) is 11.6 Å². The molecule has 2 aromatic rings. The average molecular weight is 314 g/mol. The third-order valence-corrected chi connectivity index (χ3v) is 4.70. The van der Waals surface area contributed by atoms with Gasteiger partial charge in [0.2, 0.25) is 0 Å². The Morgan fingerprint density at radius 3 is 2.65 bits per heavy atom. The summed E-state index contributed by atoms with van der Waals surface area (Å²) in [5.74, 6) is 2.29. The van der Waals surface area contributed by atoms with E-state index in [0.29, 0.717) is 30.5 Å². The number of halogens is 1. The minimum atomic E-state index is -0.375. The Balaban J connectivity index is 1.39. The van der Waals surface area contributed by atoms with Crippen molar-refractivity contribution in [2.24, 2.45) is 0 Å². The van der Waals surface area contributed by atoms with E-state index in [1.54, 1.807) is 17.0 Å². The number of benzene rings is 1. The van der Waals surface area contributed by atoms with Gasteiger partial charge in [-0.3, -0.25) is 9.89 Å². The molecule has 120 valence electrons. The lowest BCUT2D eigenvalue weighted by Gasteiger charge is -2.31. The lowest BCUT2D eigenvalue weighted by atomic mass is 9.95. The van der Waals surface area contributed by atoms with Crippen LogP contribution in [0.2, 0.25) is 0 Å². The minimum absolute atomic E-state index is 0.0980. The zero-order valence-corrected chi connectivity index (χ0v) is 12.8. The number of hydrogen-bond acceptors (Lipinski definition) is 3. The molecule has 1 aliphatic heterocycles. The molecule has 1 aromatic carbocycles. The number of carbonyl (C=O) groups is 1. The van der Waals surface area contributed by atoms with Gasteiger partial charge in [-0.25, -0.2) is 9.37 Å². The van der Waals surface area contributed by atoms with Crippen molar-refractivity contribution in [3.8, 4) is 0 Å². The first-order valence-electron chi connectivity index (χ1n) is 8.18. The molecule has 1 aromatic heterocycles. The zero-order valence-electron chi connectivity index (χ0n) is 12.8. The normalized spacial score (nSPS) is 19.1. The molecule has 1 saturated heterocycles. The Morgan fingerprint density at radius 1 is 1.17 bits per heavy atom. The van der Waals surface area contributed by atoms with Crippen LogP contribution in [0.1, 0.15) is 59.5 Å². The predicted molar refractivity (Wildman–Crippen MR) is 82.6 cm³/mol. The lowest BCUT2D eigenvalue weighted by Crippen LogP contribution is -2.38. The van der Waals surface area contributed by atoms with E-state index in [1.165, 1.54) is 25.0 Å². The van der Waals surface area contributed by atoms with E-state index >= 15 is 0 Å². The Labute approximate surface area is 133 Å². The monoisotopic (exact) mass is 314 g/mol. The lowest BCUT2D eigenvalue weighted by molar-refractivity contribution is 0.0710. The zero-order chi connectivity index (χ0) is 15.8. The molecule has 1 saturated carbocycles. The SMILES string of the molecule is O=C(c1cccc(F)c1)N1CCC(c2nc(C3CC3)n[nH]2)CC1. The number of H-pyrrole nitrogens is 1. The second kappa shape index (κ2) is 5.76. The van der Waals surface area contributed by atoms with Crippen LogP contribution in [0.4, 0.5) is 4.39 Å². The highest BCUT2D eigenvalue weighted by atomic mass is 19.1. The summed E-state index contributed by atoms with van der Waals surface area (Å²) in [5, 5.41) is 7.37. The quantitative estimate of drug-likeness (QED) is 0.947. The number of piperidine rings is 1. The van der Waals surface area contributed by atoms with Crippen molar-refractivity contribution in [2.45, 2.75) is 37.5 Å². The third kappa shape index (κ3) is 2.98. The van der Waals surface area contributed by atoms with Gasteiger partial charge < -0.3 is 4.90 Å². The van der Waals surface area contributed by atoms with Crippen molar-refractivity contribution in [3.63, 3.8) is 0 Å². The van der Waals surface area contributed by atoms with Crippen molar-refractivity contribution < 1.29 is 9.18 Å². The second-order valence-corrected chi connectivity index (χ2v) is 6.43. The molecule has 0 bridgehead atoms. The van der Waals surface area contributed by atoms with Crippen LogP contribution >= 0.6 is 0 Å². The van der Waals surface area contributed by atoms with Crippen molar-refractivity contribution in [2.75, 3.05) is 13.1 Å². The summed E-state index contributed by atoms with van der Waals surface area (Å²) in [6.45, 7) is 1.33. The molecule has 6 heteroatoms. The number of rotatable bonds is 3. The van der Waals surface area contributed by atoms with Crippen LogP contribution in [0.25, 0.3) is 0 Å². The molecule has 0 spiro atoms. The smallest absolute Gasteiger partial charge is 0.253 e. The molecule has 0 unspecified atom stereocenters. The Hall–Kier alpha value is -2.24. The third-order valence-electron chi connectivity index (χ3n) is 4.70. The number of likely N-dealkylation sites (tertiary alicyclic amines) is 1. The van der Waals surface area contributed by atoms with E-state index in [-0.39, 0.29) is 11.7 Å². The first-order valence-corrected chi connectivity index (χ1v) is 8.18. The highest BCUT2D eigenvalue weighted by Gasteiger charge is 2.30. The number of carbonyl (C=O) groups excluding carboxylic acids is 1. The Morgan fingerprint density at radius 2 is 1.96 bits per heavy atom. The van der Waals surface area contributed by atoms with Crippen LogP contribution in [-0.4, -0.2) is 39.1 Å². The number of amides is 1. The van der Waals surface area contributed by atoms with E-state index in [9.17, 15) is 9.18 Å². The molecule has 23 heavy (non-hydrogen) atoms. The fourth-order valence-electron chi connectivity index (χ4n) is 3.15. The predicted octanol–water partition coefficient (Wildman–Crippen LogP) is 2.84. The van der Waals surface area contributed by atoms with Crippen LogP contribution in [0.5, 0.6) is 0 Å². The largest absolute Gasteiger partial charge is 0.339 e. The summed E-state index contributed by atoms with van der Waals surface area (Å²) >= 11 is 0. The van der Waals surface area contributed by atoms with E-state index < -0.39 is 0 Å². The number of nitrogens with zero attached hydrogens (tertiary/aromatic N) is 3. The standard InChI is InChI=1S/C17H19FN4O/c18-14-3-1-2-13(10-14)17(23)22-8-6-12(7-9-22)16-19-15(20-21-16)11-4-5-11/h1-3,10-12H,4-9H2,(H,19,20,21). The number of nitrogens with one attached hydrogen (secondary N) is 1. The second-order valence-electron chi connectivity index (χ2n) is 6.43. The van der Waals surface area contributed by atoms with Crippen molar-refractivity contribution >= 4 is 5.91 Å². The minimum Gasteiger partial charge on any atom is -0.339 e. The van der Waals surface area contributed by atoms with Gasteiger partial charge in [-0.2, -0.15) is 5.10 Å². The number of hydrogen-bond donors (Lipinski definition) is 1. The van der Waals surface area contributed by atoms with Crippen LogP contribution in [0.3, 0.4) is 0 Å². The first kappa shape index (κ1) is 14.4. The van der Waals surface area contributed by atoms with Crippen LogP contribution in [-0.2, 0) is 0 Å². The molecule has 2 aliphatic rings. The summed E-state index contributed by atoms with van der Waals surface area (Å²) < 4.78 is 13.3. The fraction of sp³-hybridized carbons (Fsp3) is 0.471. The van der Waals surface area contributed by atoms with Gasteiger partial charge in [0, 0.05) is 30.5 Å². The van der Waals surface area contributed by atoms with E-state index in [1.807, 2.05) is 0 Å². The molecule has 1 N–H and O–H groups in total. The Bertz CT molecular complexity index is 717. The fourth-order valence-corrected chi connectivity index (χ4v) is 3.15. The molecule has 5 nitrogen and oxygen atoms in total. The van der Waals surface area contributed by atoms with Gasteiger partial charge in [0.25, 0.3) is 5.91 Å². The molecule has 0 atom stereocenters. The molecule has 2 fully saturated rings. The van der Waals surface area contributed by atoms with Gasteiger partial charge in [-0.05, 0) is 43.9 Å². The van der Waals surface area contributed by atoms with E-state index in [0.717, 1.165) is 24.5 Å². The van der Waals surface area contributed by atoms with Gasteiger partial charge in [-0.15, -0.1) is 0 Å². The number of aromatic nitrogens is 3. The van der Waals surface area contributed by atoms with Gasteiger partial charge in [-0.1, -0.05) is 6.07 Å². The molecule has 2 heterocycles. The maximum atomic E-state index is 13.3. The summed E-state index contributed by atoms with van der Waals surface area (Å²) in [5.41, 5.74) is 0.416. The van der Waals surface area contributed by atoms with Crippen LogP contribution in [0, 0.1) is 5.82 Å². The highest BCUT2D eigenvalue weighted by molar-refractivity contribution is 5.94. The summed E-state index contributed by atoms with van der Waals surface area (Å²) in [4.78, 5) is 18.8. The Kier molecular flexibility index (Phi) is 3.59. The topological polar surface area (TPSA) is 61.9 Å². The highest BCUT2D eigenvalue weighted by Crippen LogP contribution is 2.38. The molecular weight excluding hydrogens is 295 g/mol. The molecule has 4 rings (SSSR count). The van der Waals surface area contributed by atoms with Gasteiger partial charge in [0.05, 0.1) is 0 Å². The molecule has 1 amide bonds. The molecule has 0 radical (unpaired) electrons. The summed E-state index contributed by atoms with van der Waals surface area (Å²) in [6.07, 6.45) is 4.11. The molecular formula is C17H19FN4O. The summed E-state index contributed by atoms with van der Waals surface area (Å²) in [7, 11) is 0. The van der Waals surface area contributed by atoms with Gasteiger partial charge >= 0.3 is 0 Å².